The number of aliphatic hydroxyl groups is 1. The lowest BCUT2D eigenvalue weighted by molar-refractivity contribution is 0.0452. The average Bonchev–Trinajstić information content (AvgIpc) is 2.80. The maximum absolute atomic E-state index is 14.3. The highest BCUT2D eigenvalue weighted by Gasteiger charge is 2.30. The van der Waals surface area contributed by atoms with Crippen LogP contribution in [0.3, 0.4) is 0 Å². The van der Waals surface area contributed by atoms with Gasteiger partial charge < -0.3 is 10.0 Å². The molecule has 30 heavy (non-hydrogen) atoms. The molecule has 0 aliphatic carbocycles. The summed E-state index contributed by atoms with van der Waals surface area (Å²) in [5, 5.41) is 9.10. The number of piperazine rings is 1. The van der Waals surface area contributed by atoms with Crippen molar-refractivity contribution in [1.82, 2.24) is 14.7 Å². The van der Waals surface area contributed by atoms with E-state index in [9.17, 15) is 9.18 Å². The molecule has 2 aliphatic heterocycles. The van der Waals surface area contributed by atoms with Gasteiger partial charge in [-0.1, -0.05) is 36.4 Å². The summed E-state index contributed by atoms with van der Waals surface area (Å²) in [5.41, 5.74) is 1.69. The fraction of sp³-hybridized carbons (Fsp3) is 0.458. The third kappa shape index (κ3) is 4.56. The molecular formula is C24H30FN3O2. The van der Waals surface area contributed by atoms with Gasteiger partial charge in [-0.2, -0.15) is 0 Å². The number of amides is 1. The van der Waals surface area contributed by atoms with Gasteiger partial charge in [0.05, 0.1) is 6.61 Å². The van der Waals surface area contributed by atoms with Crippen molar-refractivity contribution >= 4 is 5.91 Å². The predicted octanol–water partition coefficient (Wildman–Crippen LogP) is 2.71. The molecule has 2 aromatic carbocycles. The molecule has 4 rings (SSSR count). The van der Waals surface area contributed by atoms with E-state index in [1.807, 2.05) is 23.1 Å². The van der Waals surface area contributed by atoms with Crippen molar-refractivity contribution in [2.45, 2.75) is 18.9 Å². The van der Waals surface area contributed by atoms with Gasteiger partial charge in [0.2, 0.25) is 0 Å². The van der Waals surface area contributed by atoms with Crippen molar-refractivity contribution < 1.29 is 14.3 Å². The summed E-state index contributed by atoms with van der Waals surface area (Å²) in [7, 11) is 0. The minimum atomic E-state index is -0.309. The van der Waals surface area contributed by atoms with Crippen LogP contribution in [-0.2, 0) is 0 Å². The zero-order chi connectivity index (χ0) is 20.9. The number of likely N-dealkylation sites (tertiary alicyclic amines) is 1. The van der Waals surface area contributed by atoms with Gasteiger partial charge in [0.15, 0.2) is 0 Å². The minimum absolute atomic E-state index is 0.0138. The normalized spacial score (nSPS) is 19.2. The number of β-amino-alcohol motifs (C(OH)–C–C–N with tert-alkyl or cyclic N) is 1. The van der Waals surface area contributed by atoms with Gasteiger partial charge in [-0.05, 0) is 30.5 Å². The number of benzene rings is 2. The van der Waals surface area contributed by atoms with Gasteiger partial charge in [0.25, 0.3) is 5.91 Å². The van der Waals surface area contributed by atoms with E-state index in [0.29, 0.717) is 22.7 Å². The average molecular weight is 412 g/mol. The molecule has 2 aromatic rings. The molecular weight excluding hydrogens is 381 g/mol. The maximum atomic E-state index is 14.3. The van der Waals surface area contributed by atoms with Crippen LogP contribution in [-0.4, -0.2) is 84.2 Å². The van der Waals surface area contributed by atoms with E-state index in [1.54, 1.807) is 24.3 Å². The summed E-state index contributed by atoms with van der Waals surface area (Å²) in [6.07, 6.45) is 1.93. The highest BCUT2D eigenvalue weighted by atomic mass is 19.1. The number of nitrogens with zero attached hydrogens (tertiary/aromatic N) is 3. The lowest BCUT2D eigenvalue weighted by Gasteiger charge is -2.42. The molecule has 0 unspecified atom stereocenters. The Labute approximate surface area is 177 Å². The van der Waals surface area contributed by atoms with E-state index in [4.69, 9.17) is 5.11 Å². The van der Waals surface area contributed by atoms with Crippen molar-refractivity contribution in [2.75, 3.05) is 52.4 Å². The van der Waals surface area contributed by atoms with E-state index in [0.717, 1.165) is 58.7 Å². The Bertz CT molecular complexity index is 859. The third-order valence-corrected chi connectivity index (χ3v) is 6.41. The van der Waals surface area contributed by atoms with E-state index in [-0.39, 0.29) is 18.3 Å². The van der Waals surface area contributed by atoms with Gasteiger partial charge >= 0.3 is 0 Å². The fourth-order valence-corrected chi connectivity index (χ4v) is 4.68. The highest BCUT2D eigenvalue weighted by Crippen LogP contribution is 2.28. The first-order valence-corrected chi connectivity index (χ1v) is 10.9. The van der Waals surface area contributed by atoms with Gasteiger partial charge in [-0.15, -0.1) is 0 Å². The predicted molar refractivity (Wildman–Crippen MR) is 116 cm³/mol. The van der Waals surface area contributed by atoms with Crippen LogP contribution in [0.5, 0.6) is 0 Å². The van der Waals surface area contributed by atoms with Crippen LogP contribution in [0.2, 0.25) is 0 Å². The van der Waals surface area contributed by atoms with E-state index in [1.165, 1.54) is 6.07 Å². The molecule has 1 amide bonds. The Morgan fingerprint density at radius 3 is 2.20 bits per heavy atom. The molecule has 6 heteroatoms. The molecule has 2 heterocycles. The molecule has 0 aromatic heterocycles. The molecule has 0 bridgehead atoms. The molecule has 1 N–H and O–H groups in total. The summed E-state index contributed by atoms with van der Waals surface area (Å²) in [6, 6.07) is 14.4. The SMILES string of the molecule is O=C(c1ccccc1-c1ccccc1F)N1CCC(N2CCN(CCO)CC2)CC1. The number of rotatable bonds is 5. The van der Waals surface area contributed by atoms with Crippen molar-refractivity contribution in [3.63, 3.8) is 0 Å². The summed E-state index contributed by atoms with van der Waals surface area (Å²) in [4.78, 5) is 20.0. The third-order valence-electron chi connectivity index (χ3n) is 6.41. The molecule has 2 fully saturated rings. The highest BCUT2D eigenvalue weighted by molar-refractivity contribution is 6.01. The first-order valence-electron chi connectivity index (χ1n) is 10.9. The molecule has 160 valence electrons. The quantitative estimate of drug-likeness (QED) is 0.822. The lowest BCUT2D eigenvalue weighted by atomic mass is 9.96. The zero-order valence-electron chi connectivity index (χ0n) is 17.3. The van der Waals surface area contributed by atoms with Crippen LogP contribution in [0.1, 0.15) is 23.2 Å². The monoisotopic (exact) mass is 411 g/mol. The lowest BCUT2D eigenvalue weighted by Crippen LogP contribution is -2.54. The molecule has 5 nitrogen and oxygen atoms in total. The molecule has 0 saturated carbocycles. The minimum Gasteiger partial charge on any atom is -0.395 e. The Kier molecular flexibility index (Phi) is 6.77. The first kappa shape index (κ1) is 21.0. The number of aliphatic hydroxyl groups excluding tert-OH is 1. The zero-order valence-corrected chi connectivity index (χ0v) is 17.3. The Hall–Kier alpha value is -2.28. The molecule has 0 atom stereocenters. The molecule has 2 aliphatic rings. The van der Waals surface area contributed by atoms with Gasteiger partial charge in [0.1, 0.15) is 5.82 Å². The first-order chi connectivity index (χ1) is 14.7. The Morgan fingerprint density at radius 1 is 0.900 bits per heavy atom. The smallest absolute Gasteiger partial charge is 0.254 e. The summed E-state index contributed by atoms with van der Waals surface area (Å²) in [6.45, 7) is 6.46. The largest absolute Gasteiger partial charge is 0.395 e. The van der Waals surface area contributed by atoms with Crippen LogP contribution in [0, 0.1) is 5.82 Å². The van der Waals surface area contributed by atoms with Crippen molar-refractivity contribution in [3.8, 4) is 11.1 Å². The van der Waals surface area contributed by atoms with Gasteiger partial charge in [-0.25, -0.2) is 4.39 Å². The summed E-state index contributed by atoms with van der Waals surface area (Å²) in [5.74, 6) is -0.322. The summed E-state index contributed by atoms with van der Waals surface area (Å²) >= 11 is 0. The van der Waals surface area contributed by atoms with E-state index >= 15 is 0 Å². The number of carbonyl (C=O) groups excluding carboxylic acids is 1. The topological polar surface area (TPSA) is 47.0 Å². The molecule has 0 radical (unpaired) electrons. The van der Waals surface area contributed by atoms with Crippen LogP contribution >= 0.6 is 0 Å². The maximum Gasteiger partial charge on any atom is 0.254 e. The van der Waals surface area contributed by atoms with Crippen LogP contribution in [0.15, 0.2) is 48.5 Å². The van der Waals surface area contributed by atoms with Gasteiger partial charge in [0, 0.05) is 63.0 Å². The number of hydrogen-bond acceptors (Lipinski definition) is 4. The number of halogens is 1. The van der Waals surface area contributed by atoms with Crippen molar-refractivity contribution in [3.05, 3.63) is 59.9 Å². The van der Waals surface area contributed by atoms with Crippen molar-refractivity contribution in [2.24, 2.45) is 0 Å². The summed E-state index contributed by atoms with van der Waals surface area (Å²) < 4.78 is 14.3. The van der Waals surface area contributed by atoms with E-state index in [2.05, 4.69) is 9.80 Å². The van der Waals surface area contributed by atoms with Crippen LogP contribution in [0.25, 0.3) is 11.1 Å². The second-order valence-corrected chi connectivity index (χ2v) is 8.15. The number of piperidine rings is 1. The Balaban J connectivity index is 1.39. The van der Waals surface area contributed by atoms with E-state index < -0.39 is 0 Å². The standard InChI is InChI=1S/C24H30FN3O2/c25-23-8-4-3-6-21(23)20-5-1-2-7-22(20)24(30)28-11-9-19(10-12-28)27-15-13-26(14-16-27)17-18-29/h1-8,19,29H,9-18H2. The van der Waals surface area contributed by atoms with Crippen LogP contribution < -0.4 is 0 Å². The second-order valence-electron chi connectivity index (χ2n) is 8.15. The number of hydrogen-bond donors (Lipinski definition) is 1. The molecule has 0 spiro atoms. The number of carbonyl (C=O) groups is 1. The Morgan fingerprint density at radius 2 is 1.53 bits per heavy atom. The fourth-order valence-electron chi connectivity index (χ4n) is 4.68. The molecule has 2 saturated heterocycles. The van der Waals surface area contributed by atoms with Crippen molar-refractivity contribution in [1.29, 1.82) is 0 Å². The second kappa shape index (κ2) is 9.69. The van der Waals surface area contributed by atoms with Gasteiger partial charge in [-0.3, -0.25) is 14.6 Å². The van der Waals surface area contributed by atoms with Crippen LogP contribution in [0.4, 0.5) is 4.39 Å².